The molecule has 0 aliphatic heterocycles. The zero-order chi connectivity index (χ0) is 11.1. The Morgan fingerprint density at radius 3 is 2.67 bits per heavy atom. The average molecular weight is 209 g/mol. The van der Waals surface area contributed by atoms with E-state index < -0.39 is 0 Å². The van der Waals surface area contributed by atoms with E-state index in [1.807, 2.05) is 12.1 Å². The average Bonchev–Trinajstić information content (AvgIpc) is 2.26. The number of phenolic OH excluding ortho intramolecular Hbond substituents is 1. The standard InChI is InChI=1S/C12H19NO2/c1-2-5-11(9-14)13-8-10-6-3-4-7-12(10)15/h3-4,6-7,11,13-15H,2,5,8-9H2,1H3. The third kappa shape index (κ3) is 3.90. The van der Waals surface area contributed by atoms with Crippen LogP contribution in [0.1, 0.15) is 25.3 Å². The monoisotopic (exact) mass is 209 g/mol. The molecule has 1 atom stereocenters. The van der Waals surface area contributed by atoms with E-state index in [-0.39, 0.29) is 12.6 Å². The Kier molecular flexibility index (Phi) is 5.15. The van der Waals surface area contributed by atoms with Gasteiger partial charge in [0.05, 0.1) is 6.61 Å². The lowest BCUT2D eigenvalue weighted by Gasteiger charge is -2.15. The number of benzene rings is 1. The number of para-hydroxylation sites is 1. The van der Waals surface area contributed by atoms with E-state index in [0.29, 0.717) is 12.3 Å². The maximum absolute atomic E-state index is 9.52. The van der Waals surface area contributed by atoms with Crippen molar-refractivity contribution < 1.29 is 10.2 Å². The summed E-state index contributed by atoms with van der Waals surface area (Å²) in [6.45, 7) is 2.82. The Morgan fingerprint density at radius 2 is 2.07 bits per heavy atom. The molecule has 0 saturated carbocycles. The largest absolute Gasteiger partial charge is 0.508 e. The van der Waals surface area contributed by atoms with E-state index in [2.05, 4.69) is 12.2 Å². The molecule has 0 heterocycles. The second-order valence-electron chi connectivity index (χ2n) is 3.68. The summed E-state index contributed by atoms with van der Waals surface area (Å²) in [6, 6.07) is 7.36. The van der Waals surface area contributed by atoms with Crippen molar-refractivity contribution in [2.45, 2.75) is 32.4 Å². The molecule has 0 fully saturated rings. The van der Waals surface area contributed by atoms with Crippen molar-refractivity contribution >= 4 is 0 Å². The van der Waals surface area contributed by atoms with Gasteiger partial charge in [0.1, 0.15) is 5.75 Å². The minimum Gasteiger partial charge on any atom is -0.508 e. The molecule has 0 bridgehead atoms. The van der Waals surface area contributed by atoms with E-state index in [1.165, 1.54) is 0 Å². The smallest absolute Gasteiger partial charge is 0.120 e. The summed E-state index contributed by atoms with van der Waals surface area (Å²) in [5.41, 5.74) is 0.868. The molecule has 3 N–H and O–H groups in total. The van der Waals surface area contributed by atoms with Crippen LogP contribution in [0.4, 0.5) is 0 Å². The molecule has 0 saturated heterocycles. The number of aliphatic hydroxyl groups is 1. The molecular weight excluding hydrogens is 190 g/mol. The first kappa shape index (κ1) is 12.0. The van der Waals surface area contributed by atoms with Crippen LogP contribution in [0.15, 0.2) is 24.3 Å². The van der Waals surface area contributed by atoms with E-state index >= 15 is 0 Å². The van der Waals surface area contributed by atoms with Crippen molar-refractivity contribution in [3.05, 3.63) is 29.8 Å². The van der Waals surface area contributed by atoms with Crippen LogP contribution in [0.2, 0.25) is 0 Å². The highest BCUT2D eigenvalue weighted by Crippen LogP contribution is 2.15. The lowest BCUT2D eigenvalue weighted by molar-refractivity contribution is 0.233. The van der Waals surface area contributed by atoms with Crippen molar-refractivity contribution in [2.75, 3.05) is 6.61 Å². The molecule has 84 valence electrons. The lowest BCUT2D eigenvalue weighted by Crippen LogP contribution is -2.31. The predicted molar refractivity (Wildman–Crippen MR) is 60.7 cm³/mol. The maximum atomic E-state index is 9.52. The number of hydrogen-bond acceptors (Lipinski definition) is 3. The Bertz CT molecular complexity index is 289. The van der Waals surface area contributed by atoms with Gasteiger partial charge in [-0.2, -0.15) is 0 Å². The Labute approximate surface area is 90.8 Å². The van der Waals surface area contributed by atoms with Gasteiger partial charge in [-0.25, -0.2) is 0 Å². The third-order valence-electron chi connectivity index (χ3n) is 2.43. The molecule has 3 nitrogen and oxygen atoms in total. The van der Waals surface area contributed by atoms with Crippen molar-refractivity contribution in [3.8, 4) is 5.75 Å². The van der Waals surface area contributed by atoms with Crippen molar-refractivity contribution in [1.82, 2.24) is 5.32 Å². The van der Waals surface area contributed by atoms with Gasteiger partial charge in [-0.05, 0) is 12.5 Å². The number of aromatic hydroxyl groups is 1. The van der Waals surface area contributed by atoms with Crippen LogP contribution in [-0.4, -0.2) is 22.9 Å². The van der Waals surface area contributed by atoms with Gasteiger partial charge in [0.15, 0.2) is 0 Å². The van der Waals surface area contributed by atoms with Crippen LogP contribution in [0.3, 0.4) is 0 Å². The number of rotatable bonds is 6. The molecule has 1 aromatic rings. The van der Waals surface area contributed by atoms with Gasteiger partial charge >= 0.3 is 0 Å². The highest BCUT2D eigenvalue weighted by molar-refractivity contribution is 5.31. The molecule has 1 aromatic carbocycles. The normalized spacial score (nSPS) is 12.7. The summed E-state index contributed by atoms with van der Waals surface area (Å²) in [4.78, 5) is 0. The summed E-state index contributed by atoms with van der Waals surface area (Å²) in [5.74, 6) is 0.304. The van der Waals surface area contributed by atoms with Crippen molar-refractivity contribution in [3.63, 3.8) is 0 Å². The quantitative estimate of drug-likeness (QED) is 0.667. The zero-order valence-corrected chi connectivity index (χ0v) is 9.11. The van der Waals surface area contributed by atoms with Gasteiger partial charge < -0.3 is 15.5 Å². The first-order chi connectivity index (χ1) is 7.27. The number of nitrogens with one attached hydrogen (secondary N) is 1. The molecule has 0 aliphatic rings. The van der Waals surface area contributed by atoms with Crippen LogP contribution in [0.5, 0.6) is 5.75 Å². The van der Waals surface area contributed by atoms with Crippen molar-refractivity contribution in [2.24, 2.45) is 0 Å². The van der Waals surface area contributed by atoms with Crippen LogP contribution >= 0.6 is 0 Å². The summed E-state index contributed by atoms with van der Waals surface area (Å²) in [7, 11) is 0. The van der Waals surface area contributed by atoms with Crippen LogP contribution in [-0.2, 0) is 6.54 Å². The fourth-order valence-corrected chi connectivity index (χ4v) is 1.52. The van der Waals surface area contributed by atoms with E-state index in [0.717, 1.165) is 18.4 Å². The van der Waals surface area contributed by atoms with Gasteiger partial charge in [0, 0.05) is 18.2 Å². The first-order valence-corrected chi connectivity index (χ1v) is 5.39. The Balaban J connectivity index is 2.45. The van der Waals surface area contributed by atoms with Crippen LogP contribution < -0.4 is 5.32 Å². The molecular formula is C12H19NO2. The van der Waals surface area contributed by atoms with E-state index in [4.69, 9.17) is 5.11 Å². The SMILES string of the molecule is CCCC(CO)NCc1ccccc1O. The van der Waals surface area contributed by atoms with Gasteiger partial charge in [-0.3, -0.25) is 0 Å². The van der Waals surface area contributed by atoms with Gasteiger partial charge in [-0.15, -0.1) is 0 Å². The summed E-state index contributed by atoms with van der Waals surface area (Å²) in [6.07, 6.45) is 1.99. The number of aliphatic hydroxyl groups excluding tert-OH is 1. The third-order valence-corrected chi connectivity index (χ3v) is 2.43. The maximum Gasteiger partial charge on any atom is 0.120 e. The molecule has 0 amide bonds. The number of phenols is 1. The molecule has 3 heteroatoms. The highest BCUT2D eigenvalue weighted by atomic mass is 16.3. The summed E-state index contributed by atoms with van der Waals surface area (Å²) < 4.78 is 0. The molecule has 0 aliphatic carbocycles. The van der Waals surface area contributed by atoms with E-state index in [1.54, 1.807) is 12.1 Å². The second kappa shape index (κ2) is 6.43. The Hall–Kier alpha value is -1.06. The topological polar surface area (TPSA) is 52.5 Å². The zero-order valence-electron chi connectivity index (χ0n) is 9.11. The summed E-state index contributed by atoms with van der Waals surface area (Å²) >= 11 is 0. The first-order valence-electron chi connectivity index (χ1n) is 5.39. The van der Waals surface area contributed by atoms with Crippen molar-refractivity contribution in [1.29, 1.82) is 0 Å². The fourth-order valence-electron chi connectivity index (χ4n) is 1.52. The lowest BCUT2D eigenvalue weighted by atomic mass is 10.1. The minimum absolute atomic E-state index is 0.120. The second-order valence-corrected chi connectivity index (χ2v) is 3.68. The minimum atomic E-state index is 0.120. The van der Waals surface area contributed by atoms with Gasteiger partial charge in [0.25, 0.3) is 0 Å². The van der Waals surface area contributed by atoms with Crippen LogP contribution in [0.25, 0.3) is 0 Å². The molecule has 0 radical (unpaired) electrons. The number of hydrogen-bond donors (Lipinski definition) is 3. The molecule has 0 spiro atoms. The molecule has 15 heavy (non-hydrogen) atoms. The van der Waals surface area contributed by atoms with Gasteiger partial charge in [0.2, 0.25) is 0 Å². The molecule has 1 rings (SSSR count). The molecule has 1 unspecified atom stereocenters. The molecule has 0 aromatic heterocycles. The van der Waals surface area contributed by atoms with E-state index in [9.17, 15) is 5.11 Å². The predicted octanol–water partition coefficient (Wildman–Crippen LogP) is 1.64. The fraction of sp³-hybridized carbons (Fsp3) is 0.500. The highest BCUT2D eigenvalue weighted by Gasteiger charge is 2.06. The summed E-state index contributed by atoms with van der Waals surface area (Å²) in [5, 5.41) is 21.8. The van der Waals surface area contributed by atoms with Gasteiger partial charge in [-0.1, -0.05) is 31.5 Å². The van der Waals surface area contributed by atoms with Crippen LogP contribution in [0, 0.1) is 0 Å². The Morgan fingerprint density at radius 1 is 1.33 bits per heavy atom.